The molecular weight excluding hydrogens is 411 g/mol. The number of anilines is 1. The molecule has 0 fully saturated rings. The molecule has 32 heavy (non-hydrogen) atoms. The summed E-state index contributed by atoms with van der Waals surface area (Å²) in [6.07, 6.45) is 3.02. The first kappa shape index (κ1) is 21.2. The lowest BCUT2D eigenvalue weighted by Gasteiger charge is -2.24. The molecule has 1 aromatic heterocycles. The summed E-state index contributed by atoms with van der Waals surface area (Å²) in [5.74, 6) is -1.50. The number of benzene rings is 2. The number of rotatable bonds is 4. The fourth-order valence-corrected chi connectivity index (χ4v) is 3.67. The van der Waals surface area contributed by atoms with Gasteiger partial charge >= 0.3 is 0 Å². The van der Waals surface area contributed by atoms with Gasteiger partial charge in [-0.3, -0.25) is 14.4 Å². The first-order valence-electron chi connectivity index (χ1n) is 10.0. The molecule has 0 unspecified atom stereocenters. The van der Waals surface area contributed by atoms with Crippen molar-refractivity contribution in [3.05, 3.63) is 93.8 Å². The standard InChI is InChI=1S/C24H21FN4O3/c1-14-3-4-16(18-9-10-27-29(2)24(18)32)11-21(14)28-23(31)20-13-26-22(30)12-19(20)15-5-7-17(25)8-6-15/h3-11,13,19H,12H2,1-2H3,(H,26,30)(H,28,31)/t19-/m0/s1. The number of halogens is 1. The van der Waals surface area contributed by atoms with Gasteiger partial charge in [-0.1, -0.05) is 24.3 Å². The van der Waals surface area contributed by atoms with E-state index in [2.05, 4.69) is 15.7 Å². The molecule has 0 saturated heterocycles. The Morgan fingerprint density at radius 1 is 1.16 bits per heavy atom. The molecule has 2 aromatic carbocycles. The molecular formula is C24H21FN4O3. The third-order valence-electron chi connectivity index (χ3n) is 5.49. The topological polar surface area (TPSA) is 93.1 Å². The van der Waals surface area contributed by atoms with Crippen LogP contribution in [0.4, 0.5) is 10.1 Å². The van der Waals surface area contributed by atoms with Gasteiger partial charge in [-0.25, -0.2) is 9.07 Å². The number of amides is 2. The number of carbonyl (C=O) groups is 2. The van der Waals surface area contributed by atoms with E-state index in [-0.39, 0.29) is 23.8 Å². The van der Waals surface area contributed by atoms with E-state index < -0.39 is 11.7 Å². The molecule has 2 heterocycles. The minimum absolute atomic E-state index is 0.0803. The average molecular weight is 432 g/mol. The van der Waals surface area contributed by atoms with Crippen LogP contribution in [0.25, 0.3) is 11.1 Å². The number of aromatic nitrogens is 2. The highest BCUT2D eigenvalue weighted by molar-refractivity contribution is 6.07. The predicted octanol–water partition coefficient (Wildman–Crippen LogP) is 3.02. The first-order valence-corrected chi connectivity index (χ1v) is 10.0. The molecule has 3 aromatic rings. The molecule has 8 heteroatoms. The van der Waals surface area contributed by atoms with E-state index in [1.54, 1.807) is 31.3 Å². The Labute approximate surface area is 183 Å². The van der Waals surface area contributed by atoms with E-state index in [0.717, 1.165) is 5.56 Å². The Morgan fingerprint density at radius 3 is 2.66 bits per heavy atom. The van der Waals surface area contributed by atoms with Gasteiger partial charge in [0.1, 0.15) is 5.82 Å². The van der Waals surface area contributed by atoms with Crippen molar-refractivity contribution in [2.24, 2.45) is 7.05 Å². The summed E-state index contributed by atoms with van der Waals surface area (Å²) in [5.41, 5.74) is 3.26. The van der Waals surface area contributed by atoms with Crippen LogP contribution in [0.2, 0.25) is 0 Å². The van der Waals surface area contributed by atoms with Crippen molar-refractivity contribution in [2.45, 2.75) is 19.3 Å². The molecule has 1 aliphatic rings. The Hall–Kier alpha value is -4.07. The molecule has 2 N–H and O–H groups in total. The highest BCUT2D eigenvalue weighted by Gasteiger charge is 2.29. The summed E-state index contributed by atoms with van der Waals surface area (Å²) in [7, 11) is 1.57. The number of nitrogens with zero attached hydrogens (tertiary/aromatic N) is 2. The summed E-state index contributed by atoms with van der Waals surface area (Å²) < 4.78 is 14.6. The van der Waals surface area contributed by atoms with Crippen LogP contribution in [0.5, 0.6) is 0 Å². The largest absolute Gasteiger partial charge is 0.332 e. The second-order valence-electron chi connectivity index (χ2n) is 7.63. The Bertz CT molecular complexity index is 1300. The van der Waals surface area contributed by atoms with E-state index in [9.17, 15) is 18.8 Å². The van der Waals surface area contributed by atoms with Crippen molar-refractivity contribution >= 4 is 17.5 Å². The molecule has 0 spiro atoms. The summed E-state index contributed by atoms with van der Waals surface area (Å²) >= 11 is 0. The summed E-state index contributed by atoms with van der Waals surface area (Å²) in [4.78, 5) is 37.5. The van der Waals surface area contributed by atoms with E-state index >= 15 is 0 Å². The van der Waals surface area contributed by atoms with Gasteiger partial charge in [0.25, 0.3) is 11.5 Å². The Balaban J connectivity index is 1.65. The number of carbonyl (C=O) groups excluding carboxylic acids is 2. The lowest BCUT2D eigenvalue weighted by atomic mass is 9.86. The number of hydrogen-bond acceptors (Lipinski definition) is 4. The Morgan fingerprint density at radius 2 is 1.91 bits per heavy atom. The van der Waals surface area contributed by atoms with Crippen LogP contribution in [-0.4, -0.2) is 21.6 Å². The van der Waals surface area contributed by atoms with Crippen molar-refractivity contribution in [1.29, 1.82) is 0 Å². The maximum absolute atomic E-state index is 13.3. The zero-order chi connectivity index (χ0) is 22.8. The van der Waals surface area contributed by atoms with Crippen LogP contribution in [0.3, 0.4) is 0 Å². The van der Waals surface area contributed by atoms with E-state index in [4.69, 9.17) is 0 Å². The molecule has 1 aliphatic heterocycles. The lowest BCUT2D eigenvalue weighted by Crippen LogP contribution is -2.32. The molecule has 0 saturated carbocycles. The number of hydrogen-bond donors (Lipinski definition) is 2. The van der Waals surface area contributed by atoms with Crippen molar-refractivity contribution in [3.8, 4) is 11.1 Å². The molecule has 162 valence electrons. The summed E-state index contributed by atoms with van der Waals surface area (Å²) in [6, 6.07) is 12.7. The van der Waals surface area contributed by atoms with Crippen LogP contribution >= 0.6 is 0 Å². The van der Waals surface area contributed by atoms with Crippen LogP contribution in [0, 0.1) is 12.7 Å². The predicted molar refractivity (Wildman–Crippen MR) is 118 cm³/mol. The highest BCUT2D eigenvalue weighted by atomic mass is 19.1. The molecule has 0 bridgehead atoms. The van der Waals surface area contributed by atoms with Gasteiger partial charge < -0.3 is 10.6 Å². The Kier molecular flexibility index (Phi) is 5.68. The van der Waals surface area contributed by atoms with Crippen LogP contribution in [0.15, 0.2) is 71.3 Å². The zero-order valence-corrected chi connectivity index (χ0v) is 17.6. The molecule has 0 aliphatic carbocycles. The zero-order valence-electron chi connectivity index (χ0n) is 17.6. The molecule has 7 nitrogen and oxygen atoms in total. The average Bonchev–Trinajstić information content (AvgIpc) is 2.77. The monoisotopic (exact) mass is 432 g/mol. The third-order valence-corrected chi connectivity index (χ3v) is 5.49. The minimum Gasteiger partial charge on any atom is -0.332 e. The third kappa shape index (κ3) is 4.20. The van der Waals surface area contributed by atoms with E-state index in [1.165, 1.54) is 29.2 Å². The van der Waals surface area contributed by atoms with Crippen LogP contribution < -0.4 is 16.2 Å². The van der Waals surface area contributed by atoms with Gasteiger partial charge in [0.05, 0.1) is 5.56 Å². The van der Waals surface area contributed by atoms with Gasteiger partial charge in [-0.05, 0) is 47.9 Å². The molecule has 1 atom stereocenters. The fourth-order valence-electron chi connectivity index (χ4n) is 3.67. The van der Waals surface area contributed by atoms with Gasteiger partial charge in [0.15, 0.2) is 0 Å². The SMILES string of the molecule is Cc1ccc(-c2ccnn(C)c2=O)cc1NC(=O)C1=CNC(=O)C[C@H]1c1ccc(F)cc1. The van der Waals surface area contributed by atoms with Crippen molar-refractivity contribution in [1.82, 2.24) is 15.1 Å². The smallest absolute Gasteiger partial charge is 0.274 e. The number of nitrogens with one attached hydrogen (secondary N) is 2. The number of aryl methyl sites for hydroxylation is 2. The van der Waals surface area contributed by atoms with E-state index in [0.29, 0.717) is 28.0 Å². The first-order chi connectivity index (χ1) is 15.3. The van der Waals surface area contributed by atoms with Gasteiger partial charge in [0, 0.05) is 43.0 Å². The second-order valence-corrected chi connectivity index (χ2v) is 7.63. The van der Waals surface area contributed by atoms with Gasteiger partial charge in [-0.2, -0.15) is 5.10 Å². The van der Waals surface area contributed by atoms with Crippen LogP contribution in [0.1, 0.15) is 23.5 Å². The normalized spacial score (nSPS) is 15.7. The maximum atomic E-state index is 13.3. The summed E-state index contributed by atoms with van der Waals surface area (Å²) in [6.45, 7) is 1.85. The summed E-state index contributed by atoms with van der Waals surface area (Å²) in [5, 5.41) is 9.41. The van der Waals surface area contributed by atoms with Crippen molar-refractivity contribution in [3.63, 3.8) is 0 Å². The lowest BCUT2D eigenvalue weighted by molar-refractivity contribution is -0.121. The quantitative estimate of drug-likeness (QED) is 0.663. The minimum atomic E-state index is -0.500. The van der Waals surface area contributed by atoms with Crippen molar-refractivity contribution < 1.29 is 14.0 Å². The molecule has 4 rings (SSSR count). The van der Waals surface area contributed by atoms with Crippen molar-refractivity contribution in [2.75, 3.05) is 5.32 Å². The maximum Gasteiger partial charge on any atom is 0.274 e. The molecule has 2 amide bonds. The second kappa shape index (κ2) is 8.58. The van der Waals surface area contributed by atoms with Gasteiger partial charge in [0.2, 0.25) is 5.91 Å². The molecule has 0 radical (unpaired) electrons. The van der Waals surface area contributed by atoms with Crippen LogP contribution in [-0.2, 0) is 16.6 Å². The highest BCUT2D eigenvalue weighted by Crippen LogP contribution is 2.32. The van der Waals surface area contributed by atoms with E-state index in [1.807, 2.05) is 19.1 Å². The fraction of sp³-hybridized carbons (Fsp3) is 0.167. The van der Waals surface area contributed by atoms with Gasteiger partial charge in [-0.15, -0.1) is 0 Å².